The summed E-state index contributed by atoms with van der Waals surface area (Å²) in [5, 5.41) is 4.40. The van der Waals surface area contributed by atoms with Crippen LogP contribution in [0.15, 0.2) is 160 Å². The van der Waals surface area contributed by atoms with Gasteiger partial charge < -0.3 is 13.7 Å². The lowest BCUT2D eigenvalue weighted by atomic mass is 9.82. The quantitative estimate of drug-likeness (QED) is 0.197. The number of anilines is 3. The fraction of sp³-hybridized carbons (Fsp3) is 0.0667. The molecule has 2 aromatic heterocycles. The summed E-state index contributed by atoms with van der Waals surface area (Å²) in [7, 11) is 0. The van der Waals surface area contributed by atoms with Gasteiger partial charge in [-0.3, -0.25) is 0 Å². The normalized spacial score (nSPS) is 13.4. The molecule has 2 heterocycles. The number of fused-ring (bicyclic) bond motifs is 9. The molecule has 0 bridgehead atoms. The van der Waals surface area contributed by atoms with Gasteiger partial charge in [0, 0.05) is 44.5 Å². The number of nitrogens with zero attached hydrogens (tertiary/aromatic N) is 1. The summed E-state index contributed by atoms with van der Waals surface area (Å²) in [4.78, 5) is 2.42. The molecule has 3 heteroatoms. The first-order valence-corrected chi connectivity index (χ1v) is 16.5. The van der Waals surface area contributed by atoms with Crippen LogP contribution in [0.2, 0.25) is 0 Å². The SMILES string of the molecule is CC1(C)c2ccccc2-c2c(N(c3ccc4c(c3)oc3ccccc34)c3ccc(-c4ccccc4)c4oc5ccccc5c34)cccc21. The summed E-state index contributed by atoms with van der Waals surface area (Å²) in [5.41, 5.74) is 14.0. The third-order valence-electron chi connectivity index (χ3n) is 10.3. The molecule has 48 heavy (non-hydrogen) atoms. The highest BCUT2D eigenvalue weighted by Crippen LogP contribution is 2.55. The first-order valence-electron chi connectivity index (χ1n) is 16.5. The van der Waals surface area contributed by atoms with Crippen molar-refractivity contribution in [2.75, 3.05) is 4.90 Å². The highest BCUT2D eigenvalue weighted by atomic mass is 16.3. The molecule has 0 unspecified atom stereocenters. The summed E-state index contributed by atoms with van der Waals surface area (Å²) in [5.74, 6) is 0. The average molecular weight is 618 g/mol. The van der Waals surface area contributed by atoms with Crippen LogP contribution in [-0.2, 0) is 5.41 Å². The summed E-state index contributed by atoms with van der Waals surface area (Å²) in [6.45, 7) is 4.67. The first kappa shape index (κ1) is 27.1. The van der Waals surface area contributed by atoms with E-state index in [2.05, 4.69) is 152 Å². The lowest BCUT2D eigenvalue weighted by Gasteiger charge is -2.29. The molecule has 0 fully saturated rings. The molecule has 0 N–H and O–H groups in total. The van der Waals surface area contributed by atoms with Crippen LogP contribution in [0.4, 0.5) is 17.1 Å². The topological polar surface area (TPSA) is 29.5 Å². The van der Waals surface area contributed by atoms with Crippen LogP contribution in [0, 0.1) is 0 Å². The van der Waals surface area contributed by atoms with E-state index in [0.717, 1.165) is 72.1 Å². The van der Waals surface area contributed by atoms with Gasteiger partial charge in [-0.15, -0.1) is 0 Å². The number of para-hydroxylation sites is 2. The van der Waals surface area contributed by atoms with Crippen LogP contribution >= 0.6 is 0 Å². The average Bonchev–Trinajstić information content (AvgIpc) is 3.77. The Labute approximate surface area is 278 Å². The highest BCUT2D eigenvalue weighted by molar-refractivity contribution is 6.18. The second kappa shape index (κ2) is 9.97. The molecule has 1 aliphatic rings. The number of rotatable bonds is 4. The Morgan fingerprint density at radius 2 is 1.17 bits per heavy atom. The third-order valence-corrected chi connectivity index (χ3v) is 10.3. The molecule has 0 radical (unpaired) electrons. The van der Waals surface area contributed by atoms with E-state index in [9.17, 15) is 0 Å². The Bertz CT molecular complexity index is 2710. The fourth-order valence-corrected chi connectivity index (χ4v) is 8.03. The third kappa shape index (κ3) is 3.76. The molecule has 0 atom stereocenters. The van der Waals surface area contributed by atoms with Crippen molar-refractivity contribution in [3.63, 3.8) is 0 Å². The molecular weight excluding hydrogens is 587 g/mol. The van der Waals surface area contributed by atoms with Crippen molar-refractivity contribution in [1.82, 2.24) is 0 Å². The van der Waals surface area contributed by atoms with Crippen LogP contribution in [0.1, 0.15) is 25.0 Å². The number of benzene rings is 7. The maximum absolute atomic E-state index is 6.75. The smallest absolute Gasteiger partial charge is 0.145 e. The molecule has 3 nitrogen and oxygen atoms in total. The Kier molecular flexibility index (Phi) is 5.63. The molecule has 0 saturated carbocycles. The molecule has 228 valence electrons. The summed E-state index contributed by atoms with van der Waals surface area (Å²) >= 11 is 0. The van der Waals surface area contributed by atoms with Gasteiger partial charge in [0.25, 0.3) is 0 Å². The van der Waals surface area contributed by atoms with Crippen LogP contribution < -0.4 is 4.90 Å². The fourth-order valence-electron chi connectivity index (χ4n) is 8.03. The molecule has 0 spiro atoms. The molecule has 0 saturated heterocycles. The maximum Gasteiger partial charge on any atom is 0.145 e. The lowest BCUT2D eigenvalue weighted by molar-refractivity contribution is 0.660. The molecular formula is C45H31NO2. The van der Waals surface area contributed by atoms with E-state index in [4.69, 9.17) is 8.83 Å². The Morgan fingerprint density at radius 1 is 0.479 bits per heavy atom. The van der Waals surface area contributed by atoms with Crippen molar-refractivity contribution in [2.24, 2.45) is 0 Å². The number of hydrogen-bond acceptors (Lipinski definition) is 3. The van der Waals surface area contributed by atoms with Crippen molar-refractivity contribution >= 4 is 60.9 Å². The van der Waals surface area contributed by atoms with Gasteiger partial charge in [-0.1, -0.05) is 117 Å². The number of furan rings is 2. The molecule has 0 amide bonds. The molecule has 0 aliphatic heterocycles. The Balaban J connectivity index is 1.32. The molecule has 1 aliphatic carbocycles. The number of hydrogen-bond donors (Lipinski definition) is 0. The molecule has 10 rings (SSSR count). The van der Waals surface area contributed by atoms with Crippen molar-refractivity contribution in [3.05, 3.63) is 163 Å². The predicted molar refractivity (Wildman–Crippen MR) is 199 cm³/mol. The van der Waals surface area contributed by atoms with Gasteiger partial charge >= 0.3 is 0 Å². The second-order valence-corrected chi connectivity index (χ2v) is 13.3. The standard InChI is InChI=1S/C45H31NO2/c1-45(2)35-18-9-6-16-33(35)42-36(45)19-12-20-37(42)46(29-23-24-32-31-15-7-10-21-39(31)47-41(32)27-29)38-26-25-30(28-13-4-3-5-14-28)44-43(38)34-17-8-11-22-40(34)48-44/h3-27H,1-2H3. The minimum atomic E-state index is -0.134. The minimum Gasteiger partial charge on any atom is -0.456 e. The zero-order chi connectivity index (χ0) is 32.0. The summed E-state index contributed by atoms with van der Waals surface area (Å²) in [6.07, 6.45) is 0. The summed E-state index contributed by atoms with van der Waals surface area (Å²) < 4.78 is 13.2. The van der Waals surface area contributed by atoms with Crippen LogP contribution in [0.25, 0.3) is 66.1 Å². The second-order valence-electron chi connectivity index (χ2n) is 13.3. The van der Waals surface area contributed by atoms with Gasteiger partial charge in [-0.25, -0.2) is 0 Å². The van der Waals surface area contributed by atoms with Gasteiger partial charge in [0.2, 0.25) is 0 Å². The zero-order valence-electron chi connectivity index (χ0n) is 26.7. The largest absolute Gasteiger partial charge is 0.456 e. The van der Waals surface area contributed by atoms with Crippen molar-refractivity contribution < 1.29 is 8.83 Å². The van der Waals surface area contributed by atoms with Crippen molar-refractivity contribution in [3.8, 4) is 22.3 Å². The monoisotopic (exact) mass is 617 g/mol. The highest BCUT2D eigenvalue weighted by Gasteiger charge is 2.38. The van der Waals surface area contributed by atoms with E-state index in [1.165, 1.54) is 22.3 Å². The first-order chi connectivity index (χ1) is 23.6. The van der Waals surface area contributed by atoms with Gasteiger partial charge in [-0.2, -0.15) is 0 Å². The van der Waals surface area contributed by atoms with E-state index >= 15 is 0 Å². The van der Waals surface area contributed by atoms with E-state index in [1.54, 1.807) is 0 Å². The van der Waals surface area contributed by atoms with E-state index < -0.39 is 0 Å². The zero-order valence-corrected chi connectivity index (χ0v) is 26.7. The van der Waals surface area contributed by atoms with E-state index in [-0.39, 0.29) is 5.41 Å². The van der Waals surface area contributed by atoms with Crippen LogP contribution in [-0.4, -0.2) is 0 Å². The maximum atomic E-state index is 6.75. The van der Waals surface area contributed by atoms with E-state index in [0.29, 0.717) is 0 Å². The van der Waals surface area contributed by atoms with Gasteiger partial charge in [0.15, 0.2) is 0 Å². The van der Waals surface area contributed by atoms with Crippen molar-refractivity contribution in [2.45, 2.75) is 19.3 Å². The van der Waals surface area contributed by atoms with Gasteiger partial charge in [0.1, 0.15) is 22.3 Å². The van der Waals surface area contributed by atoms with Gasteiger partial charge in [-0.05, 0) is 64.7 Å². The van der Waals surface area contributed by atoms with E-state index in [1.807, 2.05) is 18.2 Å². The summed E-state index contributed by atoms with van der Waals surface area (Å²) in [6, 6.07) is 53.9. The van der Waals surface area contributed by atoms with Crippen LogP contribution in [0.3, 0.4) is 0 Å². The van der Waals surface area contributed by atoms with Crippen LogP contribution in [0.5, 0.6) is 0 Å². The molecule has 7 aromatic carbocycles. The van der Waals surface area contributed by atoms with Gasteiger partial charge in [0.05, 0.1) is 16.8 Å². The minimum absolute atomic E-state index is 0.134. The Morgan fingerprint density at radius 3 is 2.02 bits per heavy atom. The van der Waals surface area contributed by atoms with Crippen molar-refractivity contribution in [1.29, 1.82) is 0 Å². The lowest BCUT2D eigenvalue weighted by Crippen LogP contribution is -2.16. The Hall–Kier alpha value is -6.06. The predicted octanol–water partition coefficient (Wildman–Crippen LogP) is 12.9. The molecule has 9 aromatic rings.